The molecule has 10 nitrogen and oxygen atoms in total. The summed E-state index contributed by atoms with van der Waals surface area (Å²) in [5, 5.41) is 0. The Hall–Kier alpha value is -2.77. The first kappa shape index (κ1) is 25.3. The van der Waals surface area contributed by atoms with E-state index in [0.29, 0.717) is 55.8 Å². The van der Waals surface area contributed by atoms with Gasteiger partial charge in [0.05, 0.1) is 49.2 Å². The smallest absolute Gasteiger partial charge is 0.279 e. The lowest BCUT2D eigenvalue weighted by Gasteiger charge is -2.26. The number of carbonyl (C=O) groups excluding carboxylic acids is 1. The molecule has 188 valence electrons. The predicted octanol–water partition coefficient (Wildman–Crippen LogP) is 2.13. The van der Waals surface area contributed by atoms with Crippen LogP contribution >= 0.6 is 11.3 Å². The van der Waals surface area contributed by atoms with Crippen molar-refractivity contribution in [2.45, 2.75) is 11.4 Å². The molecule has 3 aromatic rings. The average molecular weight is 522 g/mol. The molecule has 1 fully saturated rings. The Morgan fingerprint density at radius 3 is 2.34 bits per heavy atom. The number of aromatic nitrogens is 1. The van der Waals surface area contributed by atoms with Gasteiger partial charge in [-0.15, -0.1) is 0 Å². The van der Waals surface area contributed by atoms with Gasteiger partial charge < -0.3 is 23.5 Å². The number of rotatable bonds is 8. The summed E-state index contributed by atoms with van der Waals surface area (Å²) in [5.41, 5.74) is 1.13. The van der Waals surface area contributed by atoms with Crippen LogP contribution in [0, 0.1) is 0 Å². The molecule has 0 spiro atoms. The third kappa shape index (κ3) is 5.26. The van der Waals surface area contributed by atoms with Crippen molar-refractivity contribution in [2.24, 2.45) is 4.99 Å². The second kappa shape index (κ2) is 10.9. The number of nitrogens with zero attached hydrogens (tertiary/aromatic N) is 3. The van der Waals surface area contributed by atoms with Gasteiger partial charge in [-0.1, -0.05) is 11.3 Å². The van der Waals surface area contributed by atoms with Crippen LogP contribution in [0.5, 0.6) is 11.5 Å². The fourth-order valence-electron chi connectivity index (χ4n) is 3.74. The molecule has 2 aromatic carbocycles. The highest BCUT2D eigenvalue weighted by molar-refractivity contribution is 7.89. The van der Waals surface area contributed by atoms with E-state index in [1.165, 1.54) is 39.9 Å². The molecule has 1 aromatic heterocycles. The number of morpholine rings is 1. The van der Waals surface area contributed by atoms with Crippen LogP contribution in [0.3, 0.4) is 0 Å². The van der Waals surface area contributed by atoms with E-state index in [1.807, 2.05) is 16.7 Å². The third-order valence-electron chi connectivity index (χ3n) is 5.61. The van der Waals surface area contributed by atoms with Crippen molar-refractivity contribution in [3.05, 3.63) is 46.8 Å². The molecule has 0 atom stereocenters. The van der Waals surface area contributed by atoms with Gasteiger partial charge in [0.15, 0.2) is 16.3 Å². The van der Waals surface area contributed by atoms with E-state index in [2.05, 4.69) is 4.99 Å². The minimum atomic E-state index is -3.64. The zero-order valence-electron chi connectivity index (χ0n) is 19.7. The number of fused-ring (bicyclic) bond motifs is 1. The van der Waals surface area contributed by atoms with Gasteiger partial charge in [-0.2, -0.15) is 9.30 Å². The molecule has 0 N–H and O–H groups in total. The maximum Gasteiger partial charge on any atom is 0.279 e. The summed E-state index contributed by atoms with van der Waals surface area (Å²) in [4.78, 5) is 18.0. The van der Waals surface area contributed by atoms with Crippen LogP contribution in [0.2, 0.25) is 0 Å². The SMILES string of the molecule is COCCn1c(=NC(=O)c2ccc(S(=O)(=O)N3CCOCC3)cc2)sc2cc(OC)c(OC)cc21. The number of hydrogen-bond acceptors (Lipinski definition) is 8. The molecule has 2 heterocycles. The van der Waals surface area contributed by atoms with E-state index in [-0.39, 0.29) is 10.5 Å². The van der Waals surface area contributed by atoms with Gasteiger partial charge in [0.1, 0.15) is 0 Å². The van der Waals surface area contributed by atoms with E-state index in [0.717, 1.165) is 10.2 Å². The number of thiazole rings is 1. The van der Waals surface area contributed by atoms with E-state index < -0.39 is 15.9 Å². The first-order valence-electron chi connectivity index (χ1n) is 10.9. The van der Waals surface area contributed by atoms with Gasteiger partial charge in [-0.05, 0) is 24.3 Å². The fraction of sp³-hybridized carbons (Fsp3) is 0.391. The molecule has 4 rings (SSSR count). The number of amides is 1. The Labute approximate surface area is 207 Å². The minimum absolute atomic E-state index is 0.132. The van der Waals surface area contributed by atoms with Crippen LogP contribution in [0.15, 0.2) is 46.3 Å². The van der Waals surface area contributed by atoms with E-state index in [4.69, 9.17) is 18.9 Å². The van der Waals surface area contributed by atoms with E-state index >= 15 is 0 Å². The lowest BCUT2D eigenvalue weighted by Crippen LogP contribution is -2.40. The number of ether oxygens (including phenoxy) is 4. The number of methoxy groups -OCH3 is 3. The molecule has 0 saturated carbocycles. The molecule has 0 aliphatic carbocycles. The lowest BCUT2D eigenvalue weighted by molar-refractivity contribution is 0.0730. The van der Waals surface area contributed by atoms with Gasteiger partial charge >= 0.3 is 0 Å². The summed E-state index contributed by atoms with van der Waals surface area (Å²) in [6.07, 6.45) is 0. The lowest BCUT2D eigenvalue weighted by atomic mass is 10.2. The summed E-state index contributed by atoms with van der Waals surface area (Å²) in [6, 6.07) is 9.53. The molecule has 35 heavy (non-hydrogen) atoms. The van der Waals surface area contributed by atoms with Crippen LogP contribution < -0.4 is 14.3 Å². The molecular formula is C23H27N3O7S2. The molecule has 0 radical (unpaired) electrons. The standard InChI is InChI=1S/C23H27N3O7S2/c1-30-11-10-26-18-14-19(31-2)20(32-3)15-21(18)34-23(26)24-22(27)16-4-6-17(7-5-16)35(28,29)25-8-12-33-13-9-25/h4-7,14-15H,8-13H2,1-3H3. The molecular weight excluding hydrogens is 494 g/mol. The summed E-state index contributed by atoms with van der Waals surface area (Å²) in [7, 11) is 1.09. The van der Waals surface area contributed by atoms with Crippen molar-refractivity contribution < 1.29 is 32.2 Å². The monoisotopic (exact) mass is 521 g/mol. The predicted molar refractivity (Wildman–Crippen MR) is 131 cm³/mol. The second-order valence-electron chi connectivity index (χ2n) is 7.66. The van der Waals surface area contributed by atoms with E-state index in [1.54, 1.807) is 21.3 Å². The van der Waals surface area contributed by atoms with Gasteiger partial charge in [0, 0.05) is 44.4 Å². The summed E-state index contributed by atoms with van der Waals surface area (Å²) < 4.78 is 51.1. The van der Waals surface area contributed by atoms with E-state index in [9.17, 15) is 13.2 Å². The molecule has 1 amide bonds. The quantitative estimate of drug-likeness (QED) is 0.447. The van der Waals surface area contributed by atoms with Crippen molar-refractivity contribution in [1.29, 1.82) is 0 Å². The highest BCUT2D eigenvalue weighted by Crippen LogP contribution is 2.33. The first-order chi connectivity index (χ1) is 16.9. The summed E-state index contributed by atoms with van der Waals surface area (Å²) in [6.45, 7) is 2.25. The zero-order valence-corrected chi connectivity index (χ0v) is 21.4. The minimum Gasteiger partial charge on any atom is -0.493 e. The van der Waals surface area contributed by atoms with Gasteiger partial charge in [0.2, 0.25) is 10.0 Å². The van der Waals surface area contributed by atoms with Crippen molar-refractivity contribution in [3.63, 3.8) is 0 Å². The molecule has 1 aliphatic heterocycles. The second-order valence-corrected chi connectivity index (χ2v) is 10.6. The Morgan fingerprint density at radius 2 is 1.71 bits per heavy atom. The van der Waals surface area contributed by atoms with Crippen molar-refractivity contribution in [1.82, 2.24) is 8.87 Å². The number of sulfonamides is 1. The molecule has 12 heteroatoms. The maximum atomic E-state index is 13.0. The van der Waals surface area contributed by atoms with Crippen LogP contribution in [0.4, 0.5) is 0 Å². The Kier molecular flexibility index (Phi) is 7.87. The summed E-state index contributed by atoms with van der Waals surface area (Å²) in [5.74, 6) is 0.672. The molecule has 1 aliphatic rings. The van der Waals surface area contributed by atoms with Crippen molar-refractivity contribution >= 4 is 37.5 Å². The maximum absolute atomic E-state index is 13.0. The van der Waals surface area contributed by atoms with Gasteiger partial charge in [0.25, 0.3) is 5.91 Å². The normalized spacial score (nSPS) is 15.5. The molecule has 0 unspecified atom stereocenters. The number of benzene rings is 2. The van der Waals surface area contributed by atoms with Crippen LogP contribution in [-0.4, -0.2) is 77.4 Å². The first-order valence-corrected chi connectivity index (χ1v) is 13.2. The van der Waals surface area contributed by atoms with Crippen LogP contribution in [-0.2, 0) is 26.0 Å². The highest BCUT2D eigenvalue weighted by Gasteiger charge is 2.26. The summed E-state index contributed by atoms with van der Waals surface area (Å²) >= 11 is 1.34. The fourth-order valence-corrected chi connectivity index (χ4v) is 6.21. The number of hydrogen-bond donors (Lipinski definition) is 0. The largest absolute Gasteiger partial charge is 0.493 e. The van der Waals surface area contributed by atoms with Gasteiger partial charge in [-0.3, -0.25) is 4.79 Å². The molecule has 1 saturated heterocycles. The van der Waals surface area contributed by atoms with Gasteiger partial charge in [-0.25, -0.2) is 8.42 Å². The average Bonchev–Trinajstić information content (AvgIpc) is 3.22. The third-order valence-corrected chi connectivity index (χ3v) is 8.57. The Balaban J connectivity index is 1.68. The number of carbonyl (C=O) groups is 1. The Morgan fingerprint density at radius 1 is 1.06 bits per heavy atom. The van der Waals surface area contributed by atoms with Crippen LogP contribution in [0.1, 0.15) is 10.4 Å². The molecule has 0 bridgehead atoms. The topological polar surface area (TPSA) is 109 Å². The zero-order chi connectivity index (χ0) is 25.0. The van der Waals surface area contributed by atoms with Crippen molar-refractivity contribution in [3.8, 4) is 11.5 Å². The highest BCUT2D eigenvalue weighted by atomic mass is 32.2. The Bertz CT molecular complexity index is 1370. The van der Waals surface area contributed by atoms with Crippen molar-refractivity contribution in [2.75, 3.05) is 54.2 Å². The van der Waals surface area contributed by atoms with Crippen LogP contribution in [0.25, 0.3) is 10.2 Å².